The molecular weight excluding hydrogens is 107 g/mol. The average molecular weight is 112 g/mol. The van der Waals surface area contributed by atoms with Gasteiger partial charge in [-0.05, 0) is 18.2 Å². The fourth-order valence-corrected chi connectivity index (χ4v) is 0.507. The predicted molar refractivity (Wildman–Crippen MR) is 28.0 cm³/mol. The lowest BCUT2D eigenvalue weighted by Gasteiger charge is -1.93. The highest BCUT2D eigenvalue weighted by Gasteiger charge is 2.00. The molecule has 0 aromatic heterocycles. The third-order valence-corrected chi connectivity index (χ3v) is 0.927. The standard InChI is InChI=1S/C6H5FO/c7-5-1-3-6(8)4-2-5/h1-3H,4H2. The third kappa shape index (κ3) is 1.03. The van der Waals surface area contributed by atoms with Gasteiger partial charge < -0.3 is 0 Å². The van der Waals surface area contributed by atoms with Gasteiger partial charge in [-0.3, -0.25) is 4.79 Å². The maximum Gasteiger partial charge on any atom is 0.159 e. The highest BCUT2D eigenvalue weighted by atomic mass is 19.1. The summed E-state index contributed by atoms with van der Waals surface area (Å²) in [5, 5.41) is 0. The van der Waals surface area contributed by atoms with Gasteiger partial charge in [0.2, 0.25) is 0 Å². The van der Waals surface area contributed by atoms with Crippen molar-refractivity contribution in [3.05, 3.63) is 24.1 Å². The van der Waals surface area contributed by atoms with Crippen molar-refractivity contribution in [1.82, 2.24) is 0 Å². The molecule has 0 saturated heterocycles. The van der Waals surface area contributed by atoms with Crippen LogP contribution in [0.5, 0.6) is 0 Å². The summed E-state index contributed by atoms with van der Waals surface area (Å²) in [4.78, 5) is 10.3. The van der Waals surface area contributed by atoms with Crippen molar-refractivity contribution in [3.63, 3.8) is 0 Å². The molecule has 0 aliphatic heterocycles. The molecule has 0 bridgehead atoms. The molecule has 0 aromatic carbocycles. The van der Waals surface area contributed by atoms with Gasteiger partial charge in [0, 0.05) is 6.42 Å². The van der Waals surface area contributed by atoms with Crippen molar-refractivity contribution in [2.45, 2.75) is 6.42 Å². The molecule has 0 aromatic rings. The SMILES string of the molecule is O=C1C=CC(F)=CC1. The van der Waals surface area contributed by atoms with E-state index in [9.17, 15) is 9.18 Å². The van der Waals surface area contributed by atoms with Crippen LogP contribution in [0.3, 0.4) is 0 Å². The molecule has 0 unspecified atom stereocenters. The quantitative estimate of drug-likeness (QED) is 0.462. The first-order chi connectivity index (χ1) is 3.79. The predicted octanol–water partition coefficient (Wildman–Crippen LogP) is 1.37. The smallest absolute Gasteiger partial charge is 0.159 e. The van der Waals surface area contributed by atoms with E-state index >= 15 is 0 Å². The van der Waals surface area contributed by atoms with Gasteiger partial charge in [0.1, 0.15) is 5.83 Å². The monoisotopic (exact) mass is 112 g/mol. The number of allylic oxidation sites excluding steroid dienone is 4. The number of hydrogen-bond acceptors (Lipinski definition) is 1. The van der Waals surface area contributed by atoms with Crippen LogP contribution >= 0.6 is 0 Å². The fourth-order valence-electron chi connectivity index (χ4n) is 0.507. The highest BCUT2D eigenvalue weighted by molar-refractivity contribution is 5.92. The Balaban J connectivity index is 2.71. The second kappa shape index (κ2) is 1.90. The van der Waals surface area contributed by atoms with Gasteiger partial charge >= 0.3 is 0 Å². The van der Waals surface area contributed by atoms with Crippen molar-refractivity contribution in [1.29, 1.82) is 0 Å². The van der Waals surface area contributed by atoms with E-state index in [0.29, 0.717) is 0 Å². The fraction of sp³-hybridized carbons (Fsp3) is 0.167. The minimum Gasteiger partial charge on any atom is -0.295 e. The van der Waals surface area contributed by atoms with Crippen molar-refractivity contribution < 1.29 is 9.18 Å². The second-order valence-electron chi connectivity index (χ2n) is 1.59. The van der Waals surface area contributed by atoms with Gasteiger partial charge in [-0.25, -0.2) is 4.39 Å². The van der Waals surface area contributed by atoms with Crippen LogP contribution in [0.15, 0.2) is 24.1 Å². The third-order valence-electron chi connectivity index (χ3n) is 0.927. The Kier molecular flexibility index (Phi) is 1.24. The zero-order chi connectivity index (χ0) is 5.98. The molecular formula is C6H5FO. The summed E-state index contributed by atoms with van der Waals surface area (Å²) in [7, 11) is 0. The van der Waals surface area contributed by atoms with E-state index in [0.717, 1.165) is 0 Å². The topological polar surface area (TPSA) is 17.1 Å². The van der Waals surface area contributed by atoms with Crippen LogP contribution in [0.25, 0.3) is 0 Å². The summed E-state index contributed by atoms with van der Waals surface area (Å²) in [5.41, 5.74) is 0. The number of carbonyl (C=O) groups excluding carboxylic acids is 1. The van der Waals surface area contributed by atoms with Crippen LogP contribution < -0.4 is 0 Å². The van der Waals surface area contributed by atoms with Gasteiger partial charge in [0.05, 0.1) is 0 Å². The van der Waals surface area contributed by atoms with Crippen LogP contribution in [-0.2, 0) is 4.79 Å². The van der Waals surface area contributed by atoms with Gasteiger partial charge in [0.25, 0.3) is 0 Å². The molecule has 0 spiro atoms. The molecule has 1 rings (SSSR count). The van der Waals surface area contributed by atoms with Crippen molar-refractivity contribution in [2.75, 3.05) is 0 Å². The molecule has 1 aliphatic rings. The van der Waals surface area contributed by atoms with E-state index in [-0.39, 0.29) is 18.0 Å². The summed E-state index contributed by atoms with van der Waals surface area (Å²) in [5.74, 6) is -0.351. The van der Waals surface area contributed by atoms with E-state index in [2.05, 4.69) is 0 Å². The normalized spacial score (nSPS) is 18.6. The van der Waals surface area contributed by atoms with Crippen molar-refractivity contribution in [2.24, 2.45) is 0 Å². The Morgan fingerprint density at radius 2 is 2.25 bits per heavy atom. The number of rotatable bonds is 0. The van der Waals surface area contributed by atoms with Gasteiger partial charge in [0.15, 0.2) is 5.78 Å². The maximum absolute atomic E-state index is 12.0. The molecule has 2 heteroatoms. The molecule has 0 radical (unpaired) electrons. The van der Waals surface area contributed by atoms with Crippen molar-refractivity contribution >= 4 is 5.78 Å². The van der Waals surface area contributed by atoms with Crippen LogP contribution in [-0.4, -0.2) is 5.78 Å². The minimum absolute atomic E-state index is 0.0357. The van der Waals surface area contributed by atoms with Gasteiger partial charge in [-0.2, -0.15) is 0 Å². The van der Waals surface area contributed by atoms with E-state index in [1.165, 1.54) is 18.2 Å². The maximum atomic E-state index is 12.0. The summed E-state index contributed by atoms with van der Waals surface area (Å²) >= 11 is 0. The van der Waals surface area contributed by atoms with Gasteiger partial charge in [-0.1, -0.05) is 0 Å². The molecule has 0 N–H and O–H groups in total. The van der Waals surface area contributed by atoms with Crippen molar-refractivity contribution in [3.8, 4) is 0 Å². The van der Waals surface area contributed by atoms with E-state index in [1.54, 1.807) is 0 Å². The summed E-state index contributed by atoms with van der Waals surface area (Å²) in [6, 6.07) is 0. The number of carbonyl (C=O) groups is 1. The first-order valence-corrected chi connectivity index (χ1v) is 2.35. The number of halogens is 1. The molecule has 0 saturated carbocycles. The largest absolute Gasteiger partial charge is 0.295 e. The summed E-state index contributed by atoms with van der Waals surface area (Å²) in [6.07, 6.45) is 3.89. The first-order valence-electron chi connectivity index (χ1n) is 2.35. The molecule has 0 atom stereocenters. The van der Waals surface area contributed by atoms with Crippen LogP contribution in [0.1, 0.15) is 6.42 Å². The van der Waals surface area contributed by atoms with E-state index < -0.39 is 0 Å². The lowest BCUT2D eigenvalue weighted by atomic mass is 10.2. The molecule has 1 nitrogen and oxygen atoms in total. The van der Waals surface area contributed by atoms with Crippen LogP contribution in [0.2, 0.25) is 0 Å². The Morgan fingerprint density at radius 3 is 2.62 bits per heavy atom. The minimum atomic E-state index is -0.315. The average Bonchev–Trinajstić information content (AvgIpc) is 1.77. The molecule has 0 fully saturated rings. The summed E-state index contributed by atoms with van der Waals surface area (Å²) < 4.78 is 12.0. The molecule has 1 aliphatic carbocycles. The molecule has 8 heavy (non-hydrogen) atoms. The van der Waals surface area contributed by atoms with Gasteiger partial charge in [-0.15, -0.1) is 0 Å². The number of hydrogen-bond donors (Lipinski definition) is 0. The molecule has 0 heterocycles. The Labute approximate surface area is 46.5 Å². The lowest BCUT2D eigenvalue weighted by Crippen LogP contribution is -1.93. The molecule has 42 valence electrons. The Bertz CT molecular complexity index is 165. The lowest BCUT2D eigenvalue weighted by molar-refractivity contribution is -0.113. The second-order valence-corrected chi connectivity index (χ2v) is 1.59. The Morgan fingerprint density at radius 1 is 1.50 bits per heavy atom. The van der Waals surface area contributed by atoms with Crippen LogP contribution in [0.4, 0.5) is 4.39 Å². The zero-order valence-corrected chi connectivity index (χ0v) is 4.23. The Hall–Kier alpha value is -0.920. The number of ketones is 1. The summed E-state index contributed by atoms with van der Waals surface area (Å²) in [6.45, 7) is 0. The highest BCUT2D eigenvalue weighted by Crippen LogP contribution is 2.06. The van der Waals surface area contributed by atoms with Crippen LogP contribution in [0, 0.1) is 0 Å². The first kappa shape index (κ1) is 5.22. The molecule has 0 amide bonds. The van der Waals surface area contributed by atoms with E-state index in [1.807, 2.05) is 0 Å². The zero-order valence-electron chi connectivity index (χ0n) is 4.23. The van der Waals surface area contributed by atoms with E-state index in [4.69, 9.17) is 0 Å².